The maximum Gasteiger partial charge on any atom is 0.155 e. The first-order valence-corrected chi connectivity index (χ1v) is 10.2. The molecule has 0 saturated heterocycles. The van der Waals surface area contributed by atoms with E-state index in [-0.39, 0.29) is 0 Å². The number of rotatable bonds is 1. The van der Waals surface area contributed by atoms with Crippen LogP contribution in [0.15, 0.2) is 24.2 Å². The third-order valence-corrected chi connectivity index (χ3v) is 8.86. The van der Waals surface area contributed by atoms with E-state index in [9.17, 15) is 4.79 Å². The first kappa shape index (κ1) is 15.8. The summed E-state index contributed by atoms with van der Waals surface area (Å²) >= 11 is 0. The second-order valence-corrected chi connectivity index (χ2v) is 9.65. The molecule has 0 aliphatic heterocycles. The first-order valence-electron chi connectivity index (χ1n) is 10.2. The SMILES string of the molecule is C[C@]12CCC3C(CCC4=CC(=O)CC[C@@]43C)C1CCC2c1cnc[nH]1. The Balaban J connectivity index is 1.48. The van der Waals surface area contributed by atoms with Crippen LogP contribution in [0.2, 0.25) is 0 Å². The van der Waals surface area contributed by atoms with Crippen LogP contribution in [-0.2, 0) is 4.79 Å². The lowest BCUT2D eigenvalue weighted by Gasteiger charge is -2.58. The lowest BCUT2D eigenvalue weighted by Crippen LogP contribution is -2.50. The number of nitrogens with one attached hydrogen (secondary N) is 1. The Morgan fingerprint density at radius 3 is 2.76 bits per heavy atom. The van der Waals surface area contributed by atoms with E-state index in [1.165, 1.54) is 43.4 Å². The number of fused-ring (bicyclic) bond motifs is 5. The zero-order chi connectivity index (χ0) is 17.2. The van der Waals surface area contributed by atoms with Crippen molar-refractivity contribution in [2.75, 3.05) is 0 Å². The highest BCUT2D eigenvalue weighted by Gasteiger charge is 2.59. The zero-order valence-corrected chi connectivity index (χ0v) is 15.6. The summed E-state index contributed by atoms with van der Waals surface area (Å²) in [7, 11) is 0. The fourth-order valence-electron chi connectivity index (χ4n) is 7.53. The number of ketones is 1. The Hall–Kier alpha value is -1.38. The Labute approximate surface area is 150 Å². The largest absolute Gasteiger partial charge is 0.348 e. The predicted molar refractivity (Wildman–Crippen MR) is 98.0 cm³/mol. The molecule has 6 atom stereocenters. The lowest BCUT2D eigenvalue weighted by molar-refractivity contribution is -0.117. The minimum atomic E-state index is 0.296. The van der Waals surface area contributed by atoms with E-state index in [2.05, 4.69) is 30.0 Å². The highest BCUT2D eigenvalue weighted by Crippen LogP contribution is 2.68. The number of allylic oxidation sites excluding steroid dienone is 1. The van der Waals surface area contributed by atoms with E-state index >= 15 is 0 Å². The molecule has 134 valence electrons. The molecule has 0 aromatic carbocycles. The van der Waals surface area contributed by atoms with Crippen LogP contribution in [0, 0.1) is 28.6 Å². The number of imidazole rings is 1. The van der Waals surface area contributed by atoms with Crippen molar-refractivity contribution >= 4 is 5.78 Å². The molecule has 1 aromatic heterocycles. The molecule has 0 spiro atoms. The second-order valence-electron chi connectivity index (χ2n) is 9.65. The zero-order valence-electron chi connectivity index (χ0n) is 15.6. The maximum atomic E-state index is 11.9. The molecule has 3 nitrogen and oxygen atoms in total. The summed E-state index contributed by atoms with van der Waals surface area (Å²) in [5.41, 5.74) is 3.56. The van der Waals surface area contributed by atoms with Crippen molar-refractivity contribution in [2.24, 2.45) is 28.6 Å². The number of carbonyl (C=O) groups is 1. The molecule has 3 saturated carbocycles. The van der Waals surface area contributed by atoms with Crippen molar-refractivity contribution in [3.63, 3.8) is 0 Å². The van der Waals surface area contributed by atoms with Crippen LogP contribution in [0.5, 0.6) is 0 Å². The summed E-state index contributed by atoms with van der Waals surface area (Å²) in [6.45, 7) is 5.04. The van der Waals surface area contributed by atoms with Crippen molar-refractivity contribution in [1.82, 2.24) is 9.97 Å². The van der Waals surface area contributed by atoms with Crippen LogP contribution in [0.1, 0.15) is 76.8 Å². The molecule has 1 aromatic rings. The van der Waals surface area contributed by atoms with E-state index < -0.39 is 0 Å². The van der Waals surface area contributed by atoms with Gasteiger partial charge in [-0.25, -0.2) is 4.98 Å². The van der Waals surface area contributed by atoms with Gasteiger partial charge in [0.15, 0.2) is 5.78 Å². The monoisotopic (exact) mass is 338 g/mol. The number of hydrogen-bond acceptors (Lipinski definition) is 2. The molecule has 4 aliphatic rings. The molecular weight excluding hydrogens is 308 g/mol. The molecule has 1 N–H and O–H groups in total. The highest BCUT2D eigenvalue weighted by molar-refractivity contribution is 5.91. The second kappa shape index (κ2) is 5.31. The lowest BCUT2D eigenvalue weighted by atomic mass is 9.47. The Bertz CT molecular complexity index is 720. The molecule has 25 heavy (non-hydrogen) atoms. The van der Waals surface area contributed by atoms with Crippen molar-refractivity contribution < 1.29 is 4.79 Å². The van der Waals surface area contributed by atoms with Crippen LogP contribution in [0.4, 0.5) is 0 Å². The summed E-state index contributed by atoms with van der Waals surface area (Å²) in [5, 5.41) is 0. The van der Waals surface area contributed by atoms with Crippen LogP contribution in [0.3, 0.4) is 0 Å². The normalized spacial score (nSPS) is 46.2. The van der Waals surface area contributed by atoms with Gasteiger partial charge in [0.25, 0.3) is 0 Å². The van der Waals surface area contributed by atoms with Crippen molar-refractivity contribution in [3.05, 3.63) is 29.9 Å². The van der Waals surface area contributed by atoms with Gasteiger partial charge >= 0.3 is 0 Å². The molecular formula is C22H30N2O. The first-order chi connectivity index (χ1) is 12.0. The number of carbonyl (C=O) groups excluding carboxylic acids is 1. The maximum absolute atomic E-state index is 11.9. The van der Waals surface area contributed by atoms with Gasteiger partial charge in [0.2, 0.25) is 0 Å². The van der Waals surface area contributed by atoms with Gasteiger partial charge in [-0.3, -0.25) is 4.79 Å². The topological polar surface area (TPSA) is 45.8 Å². The molecule has 0 radical (unpaired) electrons. The summed E-state index contributed by atoms with van der Waals surface area (Å²) in [4.78, 5) is 19.6. The quantitative estimate of drug-likeness (QED) is 0.781. The summed E-state index contributed by atoms with van der Waals surface area (Å²) in [5.74, 6) is 3.50. The number of nitrogens with zero attached hydrogens (tertiary/aromatic N) is 1. The van der Waals surface area contributed by atoms with E-state index in [4.69, 9.17) is 0 Å². The molecule has 4 aliphatic carbocycles. The Kier molecular flexibility index (Phi) is 3.37. The van der Waals surface area contributed by atoms with E-state index in [0.29, 0.717) is 22.5 Å². The summed E-state index contributed by atoms with van der Waals surface area (Å²) < 4.78 is 0. The minimum absolute atomic E-state index is 0.296. The fourth-order valence-corrected chi connectivity index (χ4v) is 7.53. The van der Waals surface area contributed by atoms with Gasteiger partial charge in [-0.15, -0.1) is 0 Å². The molecule has 1 heterocycles. The molecule has 0 bridgehead atoms. The van der Waals surface area contributed by atoms with Crippen LogP contribution in [-0.4, -0.2) is 15.8 Å². The van der Waals surface area contributed by atoms with E-state index in [1.54, 1.807) is 0 Å². The van der Waals surface area contributed by atoms with Gasteiger partial charge < -0.3 is 4.98 Å². The van der Waals surface area contributed by atoms with Gasteiger partial charge in [0.05, 0.1) is 6.33 Å². The van der Waals surface area contributed by atoms with Gasteiger partial charge in [-0.1, -0.05) is 19.4 Å². The average molecular weight is 338 g/mol. The van der Waals surface area contributed by atoms with E-state index in [0.717, 1.165) is 37.0 Å². The number of hydrogen-bond donors (Lipinski definition) is 1. The standard InChI is InChI=1S/C22H30N2O/c1-21-9-7-15(25)11-14(21)3-4-16-17-5-6-19(20-12-23-13-24-20)22(17,2)10-8-18(16)21/h11-13,16-19H,3-10H2,1-2H3,(H,23,24)/t16?,17?,18?,19?,21-,22-/m0/s1. The smallest absolute Gasteiger partial charge is 0.155 e. The average Bonchev–Trinajstić information content (AvgIpc) is 3.22. The molecule has 4 unspecified atom stereocenters. The molecule has 3 heteroatoms. The number of H-pyrrole nitrogens is 1. The van der Waals surface area contributed by atoms with Gasteiger partial charge in [0.1, 0.15) is 0 Å². The third-order valence-electron chi connectivity index (χ3n) is 8.86. The van der Waals surface area contributed by atoms with Crippen molar-refractivity contribution in [3.8, 4) is 0 Å². The molecule has 3 fully saturated rings. The fraction of sp³-hybridized carbons (Fsp3) is 0.727. The predicted octanol–water partition coefficient (Wildman–Crippen LogP) is 5.03. The minimum Gasteiger partial charge on any atom is -0.348 e. The van der Waals surface area contributed by atoms with Gasteiger partial charge in [0, 0.05) is 24.2 Å². The molecule has 5 rings (SSSR count). The highest BCUT2D eigenvalue weighted by atomic mass is 16.1. The Morgan fingerprint density at radius 1 is 1.08 bits per heavy atom. The van der Waals surface area contributed by atoms with E-state index in [1.807, 2.05) is 12.4 Å². The summed E-state index contributed by atoms with van der Waals surface area (Å²) in [6.07, 6.45) is 15.6. The number of aromatic nitrogens is 2. The van der Waals surface area contributed by atoms with Gasteiger partial charge in [-0.2, -0.15) is 0 Å². The van der Waals surface area contributed by atoms with Crippen molar-refractivity contribution in [2.45, 2.75) is 71.1 Å². The molecule has 0 amide bonds. The van der Waals surface area contributed by atoms with Crippen molar-refractivity contribution in [1.29, 1.82) is 0 Å². The van der Waals surface area contributed by atoms with Crippen LogP contribution < -0.4 is 0 Å². The Morgan fingerprint density at radius 2 is 1.96 bits per heavy atom. The third kappa shape index (κ3) is 2.10. The number of aromatic amines is 1. The summed E-state index contributed by atoms with van der Waals surface area (Å²) in [6, 6.07) is 0. The van der Waals surface area contributed by atoms with Crippen LogP contribution in [0.25, 0.3) is 0 Å². The van der Waals surface area contributed by atoms with Gasteiger partial charge in [-0.05, 0) is 79.6 Å². The van der Waals surface area contributed by atoms with Crippen LogP contribution >= 0.6 is 0 Å².